The first-order chi connectivity index (χ1) is 11.8. The summed E-state index contributed by atoms with van der Waals surface area (Å²) in [4.78, 5) is 0. The average Bonchev–Trinajstić information content (AvgIpc) is 2.62. The van der Waals surface area contributed by atoms with Gasteiger partial charge in [-0.15, -0.1) is 0 Å². The predicted molar refractivity (Wildman–Crippen MR) is 102 cm³/mol. The van der Waals surface area contributed by atoms with Gasteiger partial charge in [-0.2, -0.15) is 0 Å². The highest BCUT2D eigenvalue weighted by atomic mass is 19.1. The minimum absolute atomic E-state index is 0.144. The van der Waals surface area contributed by atoms with Crippen LogP contribution in [0, 0.1) is 11.7 Å². The van der Waals surface area contributed by atoms with Crippen molar-refractivity contribution in [2.24, 2.45) is 5.92 Å². The fraction of sp³-hybridized carbons (Fsp3) is 0.565. The highest BCUT2D eigenvalue weighted by molar-refractivity contribution is 5.83. The Morgan fingerprint density at radius 3 is 2.33 bits per heavy atom. The summed E-state index contributed by atoms with van der Waals surface area (Å²) in [7, 11) is 0. The lowest BCUT2D eigenvalue weighted by Crippen LogP contribution is -2.13. The van der Waals surface area contributed by atoms with Crippen LogP contribution in [0.25, 0.3) is 10.8 Å². The summed E-state index contributed by atoms with van der Waals surface area (Å²) in [5.41, 5.74) is 1.45. The van der Waals surface area contributed by atoms with E-state index in [4.69, 9.17) is 0 Å². The molecule has 24 heavy (non-hydrogen) atoms. The van der Waals surface area contributed by atoms with Gasteiger partial charge in [-0.25, -0.2) is 4.39 Å². The van der Waals surface area contributed by atoms with Crippen molar-refractivity contribution in [3.05, 3.63) is 47.8 Å². The molecular formula is C23H31F. The molecule has 0 radical (unpaired) electrons. The maximum absolute atomic E-state index is 13.3. The van der Waals surface area contributed by atoms with E-state index in [9.17, 15) is 4.39 Å². The molecule has 0 atom stereocenters. The van der Waals surface area contributed by atoms with Gasteiger partial charge in [0.2, 0.25) is 0 Å². The van der Waals surface area contributed by atoms with Crippen molar-refractivity contribution in [2.45, 2.75) is 77.0 Å². The second kappa shape index (κ2) is 8.65. The highest BCUT2D eigenvalue weighted by Gasteiger charge is 2.22. The zero-order valence-electron chi connectivity index (χ0n) is 15.1. The zero-order chi connectivity index (χ0) is 16.8. The summed E-state index contributed by atoms with van der Waals surface area (Å²) in [6.45, 7) is 2.28. The van der Waals surface area contributed by atoms with Crippen LogP contribution in [0.15, 0.2) is 36.4 Å². The van der Waals surface area contributed by atoms with Gasteiger partial charge < -0.3 is 0 Å². The van der Waals surface area contributed by atoms with E-state index < -0.39 is 0 Å². The number of rotatable bonds is 7. The lowest BCUT2D eigenvalue weighted by atomic mass is 9.77. The first-order valence-electron chi connectivity index (χ1n) is 9.95. The van der Waals surface area contributed by atoms with Crippen LogP contribution in [0.3, 0.4) is 0 Å². The maximum atomic E-state index is 13.3. The van der Waals surface area contributed by atoms with Gasteiger partial charge >= 0.3 is 0 Å². The molecule has 3 rings (SSSR count). The van der Waals surface area contributed by atoms with Crippen LogP contribution in [0.1, 0.15) is 82.6 Å². The van der Waals surface area contributed by atoms with E-state index in [1.807, 2.05) is 6.07 Å². The third kappa shape index (κ3) is 4.59. The van der Waals surface area contributed by atoms with Crippen molar-refractivity contribution < 1.29 is 4.39 Å². The van der Waals surface area contributed by atoms with Gasteiger partial charge in [0.05, 0.1) is 0 Å². The molecule has 0 aromatic heterocycles. The smallest absolute Gasteiger partial charge is 0.123 e. The summed E-state index contributed by atoms with van der Waals surface area (Å²) < 4.78 is 13.3. The Balaban J connectivity index is 1.50. The second-order valence-electron chi connectivity index (χ2n) is 7.67. The van der Waals surface area contributed by atoms with Gasteiger partial charge in [0.25, 0.3) is 0 Å². The minimum Gasteiger partial charge on any atom is -0.207 e. The van der Waals surface area contributed by atoms with Crippen molar-refractivity contribution in [3.63, 3.8) is 0 Å². The normalized spacial score (nSPS) is 21.2. The van der Waals surface area contributed by atoms with E-state index in [1.54, 1.807) is 12.1 Å². The number of hydrogen-bond acceptors (Lipinski definition) is 0. The molecule has 0 spiro atoms. The number of unbranched alkanes of at least 4 members (excludes halogenated alkanes) is 4. The largest absolute Gasteiger partial charge is 0.207 e. The van der Waals surface area contributed by atoms with Crippen LogP contribution in [-0.4, -0.2) is 0 Å². The van der Waals surface area contributed by atoms with E-state index in [-0.39, 0.29) is 5.82 Å². The van der Waals surface area contributed by atoms with Crippen molar-refractivity contribution in [3.8, 4) is 0 Å². The molecule has 1 fully saturated rings. The molecule has 2 aromatic carbocycles. The Labute approximate surface area is 146 Å². The molecule has 2 aromatic rings. The lowest BCUT2D eigenvalue weighted by molar-refractivity contribution is 0.302. The van der Waals surface area contributed by atoms with Crippen molar-refractivity contribution in [1.82, 2.24) is 0 Å². The first-order valence-corrected chi connectivity index (χ1v) is 9.95. The Hall–Kier alpha value is -1.37. The fourth-order valence-corrected chi connectivity index (χ4v) is 4.31. The van der Waals surface area contributed by atoms with Crippen LogP contribution < -0.4 is 0 Å². The first kappa shape index (κ1) is 17.5. The summed E-state index contributed by atoms with van der Waals surface area (Å²) in [5, 5.41) is 2.19. The maximum Gasteiger partial charge on any atom is 0.123 e. The van der Waals surface area contributed by atoms with E-state index >= 15 is 0 Å². The van der Waals surface area contributed by atoms with Crippen molar-refractivity contribution in [1.29, 1.82) is 0 Å². The summed E-state index contributed by atoms with van der Waals surface area (Å²) in [6.07, 6.45) is 13.9. The van der Waals surface area contributed by atoms with Gasteiger partial charge in [-0.05, 0) is 66.0 Å². The lowest BCUT2D eigenvalue weighted by Gasteiger charge is -2.29. The molecular weight excluding hydrogens is 295 g/mol. The van der Waals surface area contributed by atoms with Crippen LogP contribution in [0.2, 0.25) is 0 Å². The number of fused-ring (bicyclic) bond motifs is 1. The van der Waals surface area contributed by atoms with Gasteiger partial charge in [-0.1, -0.05) is 69.7 Å². The summed E-state index contributed by atoms with van der Waals surface area (Å²) in [6, 6.07) is 11.7. The number of halogens is 1. The standard InChI is InChI=1S/C23H31F/c1-2-3-4-5-6-7-18-8-10-19(11-9-18)20-12-13-22-17-23(24)15-14-21(22)16-20/h12-19H,2-11H2,1H3. The van der Waals surface area contributed by atoms with E-state index in [0.29, 0.717) is 5.92 Å². The molecule has 0 aliphatic heterocycles. The highest BCUT2D eigenvalue weighted by Crippen LogP contribution is 2.38. The molecule has 130 valence electrons. The second-order valence-corrected chi connectivity index (χ2v) is 7.67. The Morgan fingerprint density at radius 1 is 0.833 bits per heavy atom. The molecule has 1 saturated carbocycles. The SMILES string of the molecule is CCCCCCCC1CCC(c2ccc3cc(F)ccc3c2)CC1. The molecule has 0 nitrogen and oxygen atoms in total. The fourth-order valence-electron chi connectivity index (χ4n) is 4.31. The minimum atomic E-state index is -0.144. The quantitative estimate of drug-likeness (QED) is 0.459. The van der Waals surface area contributed by atoms with Gasteiger partial charge in [0.15, 0.2) is 0 Å². The summed E-state index contributed by atoms with van der Waals surface area (Å²) in [5.74, 6) is 1.52. The topological polar surface area (TPSA) is 0 Å². The average molecular weight is 326 g/mol. The Bertz CT molecular complexity index is 638. The molecule has 1 heteroatoms. The van der Waals surface area contributed by atoms with Crippen LogP contribution >= 0.6 is 0 Å². The monoisotopic (exact) mass is 326 g/mol. The van der Waals surface area contributed by atoms with E-state index in [2.05, 4.69) is 25.1 Å². The Kier molecular flexibility index (Phi) is 6.29. The zero-order valence-corrected chi connectivity index (χ0v) is 15.1. The van der Waals surface area contributed by atoms with Crippen LogP contribution in [-0.2, 0) is 0 Å². The van der Waals surface area contributed by atoms with Crippen LogP contribution in [0.5, 0.6) is 0 Å². The van der Waals surface area contributed by atoms with Crippen molar-refractivity contribution in [2.75, 3.05) is 0 Å². The molecule has 0 N–H and O–H groups in total. The van der Waals surface area contributed by atoms with Gasteiger partial charge in [0.1, 0.15) is 5.82 Å². The summed E-state index contributed by atoms with van der Waals surface area (Å²) >= 11 is 0. The van der Waals surface area contributed by atoms with E-state index in [0.717, 1.165) is 11.3 Å². The molecule has 0 saturated heterocycles. The number of benzene rings is 2. The molecule has 0 amide bonds. The molecule has 0 bridgehead atoms. The third-order valence-electron chi connectivity index (χ3n) is 5.86. The molecule has 0 unspecified atom stereocenters. The molecule has 1 aliphatic rings. The molecule has 1 aliphatic carbocycles. The number of hydrogen-bond donors (Lipinski definition) is 0. The third-order valence-corrected chi connectivity index (χ3v) is 5.86. The van der Waals surface area contributed by atoms with Crippen molar-refractivity contribution >= 4 is 10.8 Å². The van der Waals surface area contributed by atoms with Crippen LogP contribution in [0.4, 0.5) is 4.39 Å². The van der Waals surface area contributed by atoms with E-state index in [1.165, 1.54) is 75.2 Å². The van der Waals surface area contributed by atoms with Gasteiger partial charge in [-0.3, -0.25) is 0 Å². The Morgan fingerprint density at radius 2 is 1.54 bits per heavy atom. The van der Waals surface area contributed by atoms with Gasteiger partial charge in [0, 0.05) is 0 Å². The molecule has 0 heterocycles. The predicted octanol–water partition coefficient (Wildman–Crippen LogP) is 7.61.